The normalized spacial score (nSPS) is 11.8. The molecular weight excluding hydrogens is 455 g/mol. The molecule has 10 nitrogen and oxygen atoms in total. The summed E-state index contributed by atoms with van der Waals surface area (Å²) in [4.78, 5) is 22.2. The zero-order valence-corrected chi connectivity index (χ0v) is 17.7. The van der Waals surface area contributed by atoms with Gasteiger partial charge in [-0.25, -0.2) is 13.2 Å². The van der Waals surface area contributed by atoms with Gasteiger partial charge in [0.05, 0.1) is 15.4 Å². The summed E-state index contributed by atoms with van der Waals surface area (Å²) in [5, 5.41) is 13.6. The van der Waals surface area contributed by atoms with Gasteiger partial charge in [-0.2, -0.15) is 17.5 Å². The fraction of sp³-hybridized carbons (Fsp3) is 0.278. The van der Waals surface area contributed by atoms with Crippen molar-refractivity contribution in [3.8, 4) is 0 Å². The number of anilines is 2. The van der Waals surface area contributed by atoms with Crippen LogP contribution in [0.1, 0.15) is 19.4 Å². The number of carbonyl (C=O) groups is 1. The second kappa shape index (κ2) is 9.82. The first-order chi connectivity index (χ1) is 14.9. The summed E-state index contributed by atoms with van der Waals surface area (Å²) in [5.41, 5.74) is 2.34. The monoisotopic (exact) mass is 475 g/mol. The minimum atomic E-state index is -4.60. The predicted octanol–water partition coefficient (Wildman–Crippen LogP) is 3.79. The van der Waals surface area contributed by atoms with E-state index in [1.165, 1.54) is 6.07 Å². The Morgan fingerprint density at radius 2 is 1.78 bits per heavy atom. The smallest absolute Gasteiger partial charge is 0.307 e. The lowest BCUT2D eigenvalue weighted by Crippen LogP contribution is -2.34. The number of hydrazine groups is 1. The van der Waals surface area contributed by atoms with E-state index in [2.05, 4.69) is 16.2 Å². The minimum absolute atomic E-state index is 0.158. The highest BCUT2D eigenvalue weighted by Crippen LogP contribution is 2.31. The number of sulfonamides is 1. The molecule has 0 atom stereocenters. The summed E-state index contributed by atoms with van der Waals surface area (Å²) in [5.74, 6) is 0. The van der Waals surface area contributed by atoms with E-state index >= 15 is 0 Å². The number of nitro groups is 1. The van der Waals surface area contributed by atoms with Crippen LogP contribution >= 0.6 is 0 Å². The van der Waals surface area contributed by atoms with Crippen molar-refractivity contribution in [1.82, 2.24) is 9.73 Å². The molecule has 0 saturated carbocycles. The third-order valence-electron chi connectivity index (χ3n) is 4.27. The molecule has 0 aliphatic rings. The van der Waals surface area contributed by atoms with Crippen LogP contribution in [0.3, 0.4) is 0 Å². The standard InChI is InChI=1S/C18H20F3N5O5S/c1-3-25(4-2)32(30,31)14-8-9-15(16(11-14)26(28)29)23-24-17(27)22-13-7-5-6-12(10-13)18(19,20)21/h5-11,23H,3-4H2,1-2H3,(H2,22,24,27). The maximum atomic E-state index is 12.8. The summed E-state index contributed by atoms with van der Waals surface area (Å²) in [6, 6.07) is 5.96. The molecule has 0 aliphatic heterocycles. The number of hydrogen-bond acceptors (Lipinski definition) is 6. The highest BCUT2D eigenvalue weighted by molar-refractivity contribution is 7.89. The maximum absolute atomic E-state index is 12.8. The highest BCUT2D eigenvalue weighted by Gasteiger charge is 2.30. The summed E-state index contributed by atoms with van der Waals surface area (Å²) < 4.78 is 64.5. The van der Waals surface area contributed by atoms with E-state index in [-0.39, 0.29) is 29.4 Å². The molecule has 0 bridgehead atoms. The fourth-order valence-electron chi connectivity index (χ4n) is 2.70. The Morgan fingerprint density at radius 3 is 2.34 bits per heavy atom. The second-order valence-electron chi connectivity index (χ2n) is 6.31. The summed E-state index contributed by atoms with van der Waals surface area (Å²) in [6.45, 7) is 3.59. The second-order valence-corrected chi connectivity index (χ2v) is 8.25. The molecule has 2 aromatic rings. The van der Waals surface area contributed by atoms with Crippen LogP contribution < -0.4 is 16.2 Å². The van der Waals surface area contributed by atoms with Gasteiger partial charge in [0, 0.05) is 24.8 Å². The van der Waals surface area contributed by atoms with Gasteiger partial charge in [0.2, 0.25) is 10.0 Å². The number of alkyl halides is 3. The first-order valence-corrected chi connectivity index (χ1v) is 10.6. The Hall–Kier alpha value is -3.39. The molecular formula is C18H20F3N5O5S. The third kappa shape index (κ3) is 5.85. The SMILES string of the molecule is CCN(CC)S(=O)(=O)c1ccc(NNC(=O)Nc2cccc(C(F)(F)F)c2)c([N+](=O)[O-])c1. The van der Waals surface area contributed by atoms with Crippen molar-refractivity contribution in [3.05, 3.63) is 58.1 Å². The maximum Gasteiger partial charge on any atom is 0.416 e. The van der Waals surface area contributed by atoms with Crippen molar-refractivity contribution in [3.63, 3.8) is 0 Å². The lowest BCUT2D eigenvalue weighted by atomic mass is 10.2. The van der Waals surface area contributed by atoms with Gasteiger partial charge in [-0.1, -0.05) is 19.9 Å². The van der Waals surface area contributed by atoms with Crippen molar-refractivity contribution in [1.29, 1.82) is 0 Å². The van der Waals surface area contributed by atoms with E-state index in [9.17, 15) is 36.5 Å². The Balaban J connectivity index is 2.18. The molecule has 0 fully saturated rings. The van der Waals surface area contributed by atoms with Crippen LogP contribution in [0.4, 0.5) is 35.0 Å². The number of nitrogens with zero attached hydrogens (tertiary/aromatic N) is 2. The molecule has 0 unspecified atom stereocenters. The first kappa shape index (κ1) is 24.9. The van der Waals surface area contributed by atoms with Gasteiger partial charge < -0.3 is 5.32 Å². The van der Waals surface area contributed by atoms with Gasteiger partial charge in [-0.3, -0.25) is 21.0 Å². The molecule has 0 saturated heterocycles. The van der Waals surface area contributed by atoms with Crippen molar-refractivity contribution >= 4 is 33.1 Å². The van der Waals surface area contributed by atoms with E-state index in [1.54, 1.807) is 13.8 Å². The van der Waals surface area contributed by atoms with E-state index in [4.69, 9.17) is 0 Å². The molecule has 3 N–H and O–H groups in total. The van der Waals surface area contributed by atoms with Gasteiger partial charge in [-0.15, -0.1) is 0 Å². The highest BCUT2D eigenvalue weighted by atomic mass is 32.2. The van der Waals surface area contributed by atoms with Crippen molar-refractivity contribution < 1.29 is 31.3 Å². The number of rotatable bonds is 8. The summed E-state index contributed by atoms with van der Waals surface area (Å²) in [7, 11) is -3.95. The molecule has 0 spiro atoms. The van der Waals surface area contributed by atoms with Gasteiger partial charge in [0.1, 0.15) is 5.69 Å². The quantitative estimate of drug-likeness (QED) is 0.393. The van der Waals surface area contributed by atoms with Crippen molar-refractivity contribution in [2.75, 3.05) is 23.8 Å². The van der Waals surface area contributed by atoms with Crippen LogP contribution in [0.25, 0.3) is 0 Å². The zero-order valence-electron chi connectivity index (χ0n) is 16.9. The Bertz CT molecular complexity index is 1100. The Labute approximate surface area is 181 Å². The van der Waals surface area contributed by atoms with Crippen molar-refractivity contribution in [2.24, 2.45) is 0 Å². The molecule has 0 heterocycles. The third-order valence-corrected chi connectivity index (χ3v) is 6.31. The molecule has 174 valence electrons. The molecule has 32 heavy (non-hydrogen) atoms. The number of halogens is 3. The molecule has 2 rings (SSSR count). The number of carbonyl (C=O) groups excluding carboxylic acids is 1. The molecule has 2 amide bonds. The zero-order chi connectivity index (χ0) is 24.1. The summed E-state index contributed by atoms with van der Waals surface area (Å²) in [6.07, 6.45) is -4.60. The van der Waals surface area contributed by atoms with Crippen LogP contribution in [0, 0.1) is 10.1 Å². The van der Waals surface area contributed by atoms with E-state index in [0.29, 0.717) is 0 Å². The van der Waals surface area contributed by atoms with Gasteiger partial charge in [-0.05, 0) is 30.3 Å². The van der Waals surface area contributed by atoms with Crippen LogP contribution in [-0.2, 0) is 16.2 Å². The predicted molar refractivity (Wildman–Crippen MR) is 110 cm³/mol. The molecule has 0 aromatic heterocycles. The number of amides is 2. The van der Waals surface area contributed by atoms with Crippen LogP contribution in [-0.4, -0.2) is 36.8 Å². The first-order valence-electron chi connectivity index (χ1n) is 9.19. The van der Waals surface area contributed by atoms with Gasteiger partial charge >= 0.3 is 12.2 Å². The minimum Gasteiger partial charge on any atom is -0.307 e. The molecule has 0 radical (unpaired) electrons. The van der Waals surface area contributed by atoms with Crippen LogP contribution in [0.5, 0.6) is 0 Å². The fourth-order valence-corrected chi connectivity index (χ4v) is 4.18. The molecule has 0 aliphatic carbocycles. The lowest BCUT2D eigenvalue weighted by Gasteiger charge is -2.18. The summed E-state index contributed by atoms with van der Waals surface area (Å²) >= 11 is 0. The van der Waals surface area contributed by atoms with Gasteiger partial charge in [0.25, 0.3) is 5.69 Å². The average molecular weight is 475 g/mol. The Morgan fingerprint density at radius 1 is 1.12 bits per heavy atom. The van der Waals surface area contributed by atoms with Gasteiger partial charge in [0.15, 0.2) is 0 Å². The topological polar surface area (TPSA) is 134 Å². The number of nitrogens with one attached hydrogen (secondary N) is 3. The number of benzene rings is 2. The number of nitro benzene ring substituents is 1. The number of urea groups is 1. The number of hydrogen-bond donors (Lipinski definition) is 3. The van der Waals surface area contributed by atoms with E-state index in [1.807, 2.05) is 0 Å². The molecule has 2 aromatic carbocycles. The largest absolute Gasteiger partial charge is 0.416 e. The Kier molecular flexibility index (Phi) is 7.64. The van der Waals surface area contributed by atoms with E-state index < -0.39 is 38.4 Å². The van der Waals surface area contributed by atoms with Crippen LogP contribution in [0.15, 0.2) is 47.4 Å². The van der Waals surface area contributed by atoms with E-state index in [0.717, 1.165) is 40.7 Å². The van der Waals surface area contributed by atoms with Crippen molar-refractivity contribution in [2.45, 2.75) is 24.9 Å². The molecule has 14 heteroatoms. The average Bonchev–Trinajstić information content (AvgIpc) is 2.72. The van der Waals surface area contributed by atoms with Crippen LogP contribution in [0.2, 0.25) is 0 Å². The lowest BCUT2D eigenvalue weighted by molar-refractivity contribution is -0.384.